The average molecular weight is 211 g/mol. The van der Waals surface area contributed by atoms with Crippen molar-refractivity contribution in [3.63, 3.8) is 0 Å². The van der Waals surface area contributed by atoms with Crippen LogP contribution in [0.4, 0.5) is 0 Å². The molecular formula is C6H14NO2Se+. The summed E-state index contributed by atoms with van der Waals surface area (Å²) in [5.74, 6) is 3.47. The van der Waals surface area contributed by atoms with E-state index in [1.165, 1.54) is 0 Å². The van der Waals surface area contributed by atoms with Gasteiger partial charge in [0.2, 0.25) is 0 Å². The van der Waals surface area contributed by atoms with Crippen LogP contribution < -0.4 is 5.73 Å². The molecule has 3 nitrogen and oxygen atoms in total. The Kier molecular flexibility index (Phi) is 4.69. The van der Waals surface area contributed by atoms with E-state index in [-0.39, 0.29) is 0 Å². The Morgan fingerprint density at radius 2 is 2.20 bits per heavy atom. The SMILES string of the molecule is C[Se+](C)CC[C@H](N)C(=O)O. The second kappa shape index (κ2) is 4.72. The molecule has 0 aliphatic rings. The third-order valence-corrected chi connectivity index (χ3v) is 3.36. The van der Waals surface area contributed by atoms with Crippen molar-refractivity contribution in [1.82, 2.24) is 0 Å². The van der Waals surface area contributed by atoms with Crippen LogP contribution in [-0.4, -0.2) is 31.0 Å². The summed E-state index contributed by atoms with van der Waals surface area (Å²) in [5, 5.41) is 9.39. The number of carbonyl (C=O) groups is 1. The molecule has 0 rings (SSSR count). The van der Waals surface area contributed by atoms with Gasteiger partial charge in [-0.25, -0.2) is 0 Å². The average Bonchev–Trinajstić information content (AvgIpc) is 1.82. The first-order valence-corrected chi connectivity index (χ1v) is 7.70. The molecule has 0 amide bonds. The standard InChI is InChI=1S/C6H13NO2Se/c1-10(2)4-3-5(7)6(8)9/h5H,3-4,7H2,1-2H3/p+1/t5-/m0/s1. The van der Waals surface area contributed by atoms with Gasteiger partial charge in [0, 0.05) is 0 Å². The molecule has 0 spiro atoms. The summed E-state index contributed by atoms with van der Waals surface area (Å²) in [5.41, 5.74) is 5.29. The normalized spacial score (nSPS) is 13.6. The molecule has 0 saturated heterocycles. The van der Waals surface area contributed by atoms with Crippen molar-refractivity contribution >= 4 is 19.9 Å². The van der Waals surface area contributed by atoms with Crippen LogP contribution in [0.15, 0.2) is 0 Å². The maximum atomic E-state index is 10.2. The van der Waals surface area contributed by atoms with Gasteiger partial charge < -0.3 is 0 Å². The van der Waals surface area contributed by atoms with Crippen molar-refractivity contribution in [3.8, 4) is 0 Å². The number of hydrogen-bond donors (Lipinski definition) is 2. The van der Waals surface area contributed by atoms with Gasteiger partial charge in [-0.3, -0.25) is 0 Å². The topological polar surface area (TPSA) is 63.3 Å². The quantitative estimate of drug-likeness (QED) is 0.667. The third kappa shape index (κ3) is 4.79. The summed E-state index contributed by atoms with van der Waals surface area (Å²) in [7, 11) is 0. The van der Waals surface area contributed by atoms with Gasteiger partial charge in [0.25, 0.3) is 0 Å². The summed E-state index contributed by atoms with van der Waals surface area (Å²) in [6.07, 6.45) is 0.632. The Hall–Kier alpha value is -0.0505. The van der Waals surface area contributed by atoms with E-state index in [4.69, 9.17) is 10.8 Å². The van der Waals surface area contributed by atoms with Crippen LogP contribution in [-0.2, 0) is 4.79 Å². The molecule has 0 heterocycles. The Balaban J connectivity index is 3.40. The van der Waals surface area contributed by atoms with Crippen molar-refractivity contribution in [1.29, 1.82) is 0 Å². The second-order valence-corrected chi connectivity index (χ2v) is 7.42. The maximum absolute atomic E-state index is 10.2. The summed E-state index contributed by atoms with van der Waals surface area (Å²) < 4.78 is 0. The molecule has 60 valence electrons. The van der Waals surface area contributed by atoms with Crippen LogP contribution in [0.2, 0.25) is 17.0 Å². The van der Waals surface area contributed by atoms with E-state index in [1.54, 1.807) is 0 Å². The van der Waals surface area contributed by atoms with Crippen molar-refractivity contribution in [3.05, 3.63) is 0 Å². The summed E-state index contributed by atoms with van der Waals surface area (Å²) in [6.45, 7) is 0. The molecule has 10 heavy (non-hydrogen) atoms. The first-order chi connectivity index (χ1) is 4.54. The predicted octanol–water partition coefficient (Wildman–Crippen LogP) is 0.543. The van der Waals surface area contributed by atoms with E-state index in [9.17, 15) is 4.79 Å². The zero-order valence-electron chi connectivity index (χ0n) is 6.33. The van der Waals surface area contributed by atoms with Gasteiger partial charge in [0.15, 0.2) is 0 Å². The fraction of sp³-hybridized carbons (Fsp3) is 0.833. The molecule has 0 bridgehead atoms. The van der Waals surface area contributed by atoms with Crippen molar-refractivity contribution in [2.75, 3.05) is 0 Å². The van der Waals surface area contributed by atoms with Crippen LogP contribution >= 0.6 is 0 Å². The molecule has 0 radical (unpaired) electrons. The molecule has 3 N–H and O–H groups in total. The van der Waals surface area contributed by atoms with Gasteiger partial charge in [-0.05, 0) is 0 Å². The van der Waals surface area contributed by atoms with E-state index in [0.717, 1.165) is 5.32 Å². The number of hydrogen-bond acceptors (Lipinski definition) is 2. The molecule has 1 atom stereocenters. The minimum absolute atomic E-state index is 0.497. The number of carboxylic acid groups (broad SMARTS) is 1. The second-order valence-electron chi connectivity index (χ2n) is 2.42. The van der Waals surface area contributed by atoms with Gasteiger partial charge >= 0.3 is 64.9 Å². The zero-order chi connectivity index (χ0) is 8.15. The van der Waals surface area contributed by atoms with Crippen LogP contribution in [0.25, 0.3) is 0 Å². The Morgan fingerprint density at radius 3 is 2.50 bits per heavy atom. The first kappa shape index (κ1) is 9.95. The van der Waals surface area contributed by atoms with Crippen molar-refractivity contribution in [2.45, 2.75) is 29.4 Å². The van der Waals surface area contributed by atoms with E-state index in [1.807, 2.05) is 0 Å². The van der Waals surface area contributed by atoms with Gasteiger partial charge in [-0.2, -0.15) is 0 Å². The minimum atomic E-state index is -0.882. The van der Waals surface area contributed by atoms with E-state index in [0.29, 0.717) is 6.42 Å². The molecule has 4 heteroatoms. The zero-order valence-corrected chi connectivity index (χ0v) is 8.05. The van der Waals surface area contributed by atoms with Gasteiger partial charge in [-0.15, -0.1) is 0 Å². The van der Waals surface area contributed by atoms with E-state index < -0.39 is 25.9 Å². The van der Waals surface area contributed by atoms with E-state index >= 15 is 0 Å². The molecule has 0 aromatic heterocycles. The number of rotatable bonds is 4. The summed E-state index contributed by atoms with van der Waals surface area (Å²) in [6, 6.07) is -0.647. The molecule has 0 saturated carbocycles. The first-order valence-electron chi connectivity index (χ1n) is 3.06. The monoisotopic (exact) mass is 212 g/mol. The Bertz CT molecular complexity index is 116. The number of aliphatic carboxylic acids is 1. The van der Waals surface area contributed by atoms with Crippen LogP contribution in [0.1, 0.15) is 6.42 Å². The molecule has 0 aliphatic carbocycles. The summed E-state index contributed by atoms with van der Waals surface area (Å²) >= 11 is -0.497. The van der Waals surface area contributed by atoms with Crippen molar-refractivity contribution < 1.29 is 9.90 Å². The van der Waals surface area contributed by atoms with Crippen LogP contribution in [0.5, 0.6) is 0 Å². The van der Waals surface area contributed by atoms with Crippen molar-refractivity contribution in [2.24, 2.45) is 5.73 Å². The van der Waals surface area contributed by atoms with Gasteiger partial charge in [-0.1, -0.05) is 0 Å². The van der Waals surface area contributed by atoms with Crippen LogP contribution in [0, 0.1) is 0 Å². The molecular weight excluding hydrogens is 197 g/mol. The van der Waals surface area contributed by atoms with Gasteiger partial charge in [0.05, 0.1) is 0 Å². The molecule has 0 aliphatic heterocycles. The Morgan fingerprint density at radius 1 is 1.70 bits per heavy atom. The predicted molar refractivity (Wildman–Crippen MR) is 42.5 cm³/mol. The molecule has 0 aromatic rings. The van der Waals surface area contributed by atoms with E-state index in [2.05, 4.69) is 11.6 Å². The number of nitrogens with two attached hydrogens (primary N) is 1. The summed E-state index contributed by atoms with van der Waals surface area (Å²) in [4.78, 5) is 10.2. The molecule has 0 unspecified atom stereocenters. The van der Waals surface area contributed by atoms with Gasteiger partial charge in [0.1, 0.15) is 0 Å². The molecule has 0 aromatic carbocycles. The van der Waals surface area contributed by atoms with Crippen LogP contribution in [0.3, 0.4) is 0 Å². The number of carboxylic acids is 1. The third-order valence-electron chi connectivity index (χ3n) is 1.15. The Labute approximate surface area is 65.5 Å². The molecule has 0 fully saturated rings. The fourth-order valence-electron chi connectivity index (χ4n) is 0.486. The fourth-order valence-corrected chi connectivity index (χ4v) is 2.01.